The first-order valence-corrected chi connectivity index (χ1v) is 13.3. The van der Waals surface area contributed by atoms with E-state index in [2.05, 4.69) is 20.7 Å². The van der Waals surface area contributed by atoms with Crippen molar-refractivity contribution in [1.29, 1.82) is 0 Å². The zero-order valence-corrected chi connectivity index (χ0v) is 20.7. The largest absolute Gasteiger partial charge is 0.330 e. The van der Waals surface area contributed by atoms with E-state index in [0.717, 1.165) is 25.7 Å². The SMILES string of the molecule is CC(C(=O)Nc1ccc(NC(=O)C2CCCN2C(=O)C23CC4CC(CC(C4)C2)C3)cc1)n1cncn1. The molecule has 5 fully saturated rings. The van der Waals surface area contributed by atoms with Gasteiger partial charge in [0, 0.05) is 17.9 Å². The molecule has 190 valence electrons. The Labute approximate surface area is 211 Å². The minimum absolute atomic E-state index is 0.123. The van der Waals surface area contributed by atoms with E-state index in [0.29, 0.717) is 42.1 Å². The Morgan fingerprint density at radius 1 is 0.972 bits per heavy atom. The Hall–Kier alpha value is -3.23. The molecule has 2 atom stereocenters. The van der Waals surface area contributed by atoms with Crippen LogP contribution in [0.3, 0.4) is 0 Å². The van der Waals surface area contributed by atoms with Gasteiger partial charge in [-0.1, -0.05) is 0 Å². The zero-order chi connectivity index (χ0) is 24.9. The van der Waals surface area contributed by atoms with Crippen molar-refractivity contribution in [3.63, 3.8) is 0 Å². The number of rotatable bonds is 6. The van der Waals surface area contributed by atoms with Crippen LogP contribution in [0.25, 0.3) is 0 Å². The number of carbonyl (C=O) groups is 3. The molecular weight excluding hydrogens is 456 g/mol. The second kappa shape index (κ2) is 9.01. The first kappa shape index (κ1) is 23.2. The number of aromatic nitrogens is 3. The molecule has 0 spiro atoms. The van der Waals surface area contributed by atoms with Crippen molar-refractivity contribution in [3.8, 4) is 0 Å². The number of nitrogens with one attached hydrogen (secondary N) is 2. The van der Waals surface area contributed by atoms with Crippen LogP contribution in [0.2, 0.25) is 0 Å². The maximum absolute atomic E-state index is 13.8. The normalized spacial score (nSPS) is 31.3. The van der Waals surface area contributed by atoms with Crippen molar-refractivity contribution >= 4 is 29.1 Å². The number of likely N-dealkylation sites (tertiary alicyclic amines) is 1. The molecule has 3 amide bonds. The first-order valence-electron chi connectivity index (χ1n) is 13.3. The summed E-state index contributed by atoms with van der Waals surface area (Å²) in [6.45, 7) is 2.42. The predicted molar refractivity (Wildman–Crippen MR) is 134 cm³/mol. The minimum Gasteiger partial charge on any atom is -0.330 e. The average Bonchev–Trinajstić information content (AvgIpc) is 3.56. The van der Waals surface area contributed by atoms with Gasteiger partial charge in [-0.25, -0.2) is 9.67 Å². The lowest BCUT2D eigenvalue weighted by Crippen LogP contribution is -2.56. The van der Waals surface area contributed by atoms with Crippen molar-refractivity contribution in [2.24, 2.45) is 23.2 Å². The average molecular weight is 491 g/mol. The van der Waals surface area contributed by atoms with Crippen LogP contribution in [0.5, 0.6) is 0 Å². The summed E-state index contributed by atoms with van der Waals surface area (Å²) in [4.78, 5) is 45.3. The highest BCUT2D eigenvalue weighted by Crippen LogP contribution is 2.60. The molecule has 7 rings (SSSR count). The summed E-state index contributed by atoms with van der Waals surface area (Å²) < 4.78 is 1.49. The molecule has 2 N–H and O–H groups in total. The van der Waals surface area contributed by atoms with Crippen LogP contribution in [0.15, 0.2) is 36.9 Å². The smallest absolute Gasteiger partial charge is 0.249 e. The predicted octanol–water partition coefficient (Wildman–Crippen LogP) is 3.62. The standard InChI is InChI=1S/C27H34N6O3/c1-17(33-16-28-15-29-33)24(34)30-21-4-6-22(7-5-21)31-25(35)23-3-2-8-32(23)26(36)27-12-18-9-19(13-27)11-20(10-18)14-27/h4-7,15-20,23H,2-3,8-14H2,1H3,(H,30,34)(H,31,35). The molecule has 1 aromatic carbocycles. The third-order valence-electron chi connectivity index (χ3n) is 8.94. The van der Waals surface area contributed by atoms with Gasteiger partial charge in [-0.2, -0.15) is 5.10 Å². The van der Waals surface area contributed by atoms with E-state index in [1.165, 1.54) is 36.6 Å². The number of amides is 3. The van der Waals surface area contributed by atoms with Gasteiger partial charge in [-0.3, -0.25) is 14.4 Å². The summed E-state index contributed by atoms with van der Waals surface area (Å²) in [5, 5.41) is 9.86. The molecule has 1 aliphatic heterocycles. The van der Waals surface area contributed by atoms with E-state index in [1.807, 2.05) is 4.90 Å². The van der Waals surface area contributed by atoms with Crippen molar-refractivity contribution in [2.45, 2.75) is 70.4 Å². The number of anilines is 2. The Morgan fingerprint density at radius 2 is 1.58 bits per heavy atom. The molecule has 4 saturated carbocycles. The highest BCUT2D eigenvalue weighted by molar-refractivity contribution is 5.99. The van der Waals surface area contributed by atoms with Crippen LogP contribution in [-0.2, 0) is 14.4 Å². The van der Waals surface area contributed by atoms with Gasteiger partial charge in [-0.05, 0) is 100 Å². The third-order valence-corrected chi connectivity index (χ3v) is 8.94. The van der Waals surface area contributed by atoms with Crippen molar-refractivity contribution in [1.82, 2.24) is 19.7 Å². The molecule has 36 heavy (non-hydrogen) atoms. The van der Waals surface area contributed by atoms with Gasteiger partial charge in [-0.15, -0.1) is 0 Å². The van der Waals surface area contributed by atoms with Crippen molar-refractivity contribution < 1.29 is 14.4 Å². The molecule has 1 aromatic heterocycles. The van der Waals surface area contributed by atoms with Gasteiger partial charge in [0.15, 0.2) is 0 Å². The molecule has 5 aliphatic rings. The van der Waals surface area contributed by atoms with E-state index in [9.17, 15) is 14.4 Å². The molecule has 2 aromatic rings. The monoisotopic (exact) mass is 490 g/mol. The van der Waals surface area contributed by atoms with E-state index in [4.69, 9.17) is 0 Å². The van der Waals surface area contributed by atoms with Crippen LogP contribution in [0.1, 0.15) is 64.3 Å². The highest BCUT2D eigenvalue weighted by Gasteiger charge is 2.56. The number of benzene rings is 1. The van der Waals surface area contributed by atoms with Crippen molar-refractivity contribution in [3.05, 3.63) is 36.9 Å². The summed E-state index contributed by atoms with van der Waals surface area (Å²) in [6.07, 6.45) is 11.4. The van der Waals surface area contributed by atoms with Crippen LogP contribution in [0.4, 0.5) is 11.4 Å². The molecule has 1 saturated heterocycles. The summed E-state index contributed by atoms with van der Waals surface area (Å²) in [5.74, 6) is 2.01. The fourth-order valence-electron chi connectivity index (χ4n) is 7.61. The first-order chi connectivity index (χ1) is 17.4. The van der Waals surface area contributed by atoms with Gasteiger partial charge in [0.2, 0.25) is 17.7 Å². The van der Waals surface area contributed by atoms with Gasteiger partial charge >= 0.3 is 0 Å². The summed E-state index contributed by atoms with van der Waals surface area (Å²) in [6, 6.07) is 6.16. The minimum atomic E-state index is -0.494. The van der Waals surface area contributed by atoms with E-state index >= 15 is 0 Å². The second-order valence-corrected chi connectivity index (χ2v) is 11.5. The molecule has 9 nitrogen and oxygen atoms in total. The second-order valence-electron chi connectivity index (χ2n) is 11.5. The molecule has 2 unspecified atom stereocenters. The highest BCUT2D eigenvalue weighted by atomic mass is 16.2. The van der Waals surface area contributed by atoms with E-state index in [-0.39, 0.29) is 23.1 Å². The fourth-order valence-corrected chi connectivity index (χ4v) is 7.61. The quantitative estimate of drug-likeness (QED) is 0.643. The maximum atomic E-state index is 13.8. The molecule has 2 heterocycles. The molecule has 9 heteroatoms. The number of nitrogens with zero attached hydrogens (tertiary/aromatic N) is 4. The summed E-state index contributed by atoms with van der Waals surface area (Å²) in [7, 11) is 0. The molecule has 4 aliphatic carbocycles. The maximum Gasteiger partial charge on any atom is 0.249 e. The van der Waals surface area contributed by atoms with Crippen LogP contribution < -0.4 is 10.6 Å². The number of hydrogen-bond donors (Lipinski definition) is 2. The van der Waals surface area contributed by atoms with Crippen LogP contribution >= 0.6 is 0 Å². The third kappa shape index (κ3) is 4.18. The topological polar surface area (TPSA) is 109 Å². The lowest BCUT2D eigenvalue weighted by atomic mass is 9.49. The summed E-state index contributed by atoms with van der Waals surface area (Å²) in [5.41, 5.74) is 1.06. The number of carbonyl (C=O) groups excluding carboxylic acids is 3. The van der Waals surface area contributed by atoms with E-state index in [1.54, 1.807) is 31.2 Å². The summed E-state index contributed by atoms with van der Waals surface area (Å²) >= 11 is 0. The Bertz CT molecular complexity index is 1110. The Kier molecular flexibility index (Phi) is 5.80. The molecule has 0 radical (unpaired) electrons. The fraction of sp³-hybridized carbons (Fsp3) is 0.593. The lowest BCUT2D eigenvalue weighted by molar-refractivity contribution is -0.160. The Balaban J connectivity index is 1.08. The van der Waals surface area contributed by atoms with Crippen molar-refractivity contribution in [2.75, 3.05) is 17.2 Å². The van der Waals surface area contributed by atoms with Gasteiger partial charge in [0.25, 0.3) is 0 Å². The zero-order valence-electron chi connectivity index (χ0n) is 20.7. The lowest BCUT2D eigenvalue weighted by Gasteiger charge is -2.56. The van der Waals surface area contributed by atoms with E-state index < -0.39 is 12.1 Å². The molecule has 4 bridgehead atoms. The van der Waals surface area contributed by atoms with Crippen LogP contribution in [-0.4, -0.2) is 50.0 Å². The van der Waals surface area contributed by atoms with Gasteiger partial charge in [0.05, 0.1) is 5.41 Å². The van der Waals surface area contributed by atoms with Gasteiger partial charge in [0.1, 0.15) is 24.7 Å². The Morgan fingerprint density at radius 3 is 2.17 bits per heavy atom. The molecular formula is C27H34N6O3. The number of hydrogen-bond acceptors (Lipinski definition) is 5. The van der Waals surface area contributed by atoms with Gasteiger partial charge < -0.3 is 15.5 Å². The van der Waals surface area contributed by atoms with Crippen LogP contribution in [0, 0.1) is 23.2 Å².